The lowest BCUT2D eigenvalue weighted by atomic mass is 10.0. The highest BCUT2D eigenvalue weighted by atomic mass is 15.1. The quantitative estimate of drug-likeness (QED) is 0.780. The molecule has 0 spiro atoms. The summed E-state index contributed by atoms with van der Waals surface area (Å²) in [5, 5.41) is 3.63. The molecule has 2 nitrogen and oxygen atoms in total. The summed E-state index contributed by atoms with van der Waals surface area (Å²) in [6.07, 6.45) is 2.35. The van der Waals surface area contributed by atoms with Crippen molar-refractivity contribution in [2.45, 2.75) is 32.7 Å². The van der Waals surface area contributed by atoms with Crippen LogP contribution in [0.5, 0.6) is 0 Å². The van der Waals surface area contributed by atoms with Crippen molar-refractivity contribution in [3.8, 4) is 0 Å². The summed E-state index contributed by atoms with van der Waals surface area (Å²) in [6.45, 7) is 6.56. The van der Waals surface area contributed by atoms with Gasteiger partial charge < -0.3 is 10.2 Å². The van der Waals surface area contributed by atoms with E-state index in [1.807, 2.05) is 0 Å². The van der Waals surface area contributed by atoms with Crippen molar-refractivity contribution in [1.82, 2.24) is 10.2 Å². The molecule has 96 valence electrons. The van der Waals surface area contributed by atoms with Gasteiger partial charge in [0.2, 0.25) is 0 Å². The smallest absolute Gasteiger partial charge is 0.0332 e. The Kier molecular flexibility index (Phi) is 6.23. The van der Waals surface area contributed by atoms with Crippen LogP contribution in [0.25, 0.3) is 0 Å². The third kappa shape index (κ3) is 5.33. The van der Waals surface area contributed by atoms with Crippen LogP contribution < -0.4 is 5.32 Å². The van der Waals surface area contributed by atoms with Crippen molar-refractivity contribution in [2.24, 2.45) is 0 Å². The molecule has 1 unspecified atom stereocenters. The van der Waals surface area contributed by atoms with Gasteiger partial charge in [0.1, 0.15) is 0 Å². The summed E-state index contributed by atoms with van der Waals surface area (Å²) < 4.78 is 0. The van der Waals surface area contributed by atoms with Crippen LogP contribution >= 0.6 is 0 Å². The molecule has 0 aliphatic heterocycles. The van der Waals surface area contributed by atoms with Crippen LogP contribution in [0.15, 0.2) is 24.3 Å². The first-order chi connectivity index (χ1) is 8.13. The molecule has 1 aromatic carbocycles. The zero-order valence-electron chi connectivity index (χ0n) is 11.7. The van der Waals surface area contributed by atoms with Crippen LogP contribution in [0.1, 0.15) is 36.9 Å². The first-order valence-corrected chi connectivity index (χ1v) is 6.58. The van der Waals surface area contributed by atoms with Gasteiger partial charge in [0.25, 0.3) is 0 Å². The normalized spacial score (nSPS) is 13.0. The highest BCUT2D eigenvalue weighted by Crippen LogP contribution is 2.17. The number of hydrogen-bond donors (Lipinski definition) is 1. The molecule has 0 saturated carbocycles. The second kappa shape index (κ2) is 7.46. The first kappa shape index (κ1) is 14.2. The standard InChI is InChI=1S/C15H26N2/c1-5-11-16-15(10-12-17(3)4)14-8-6-13(2)7-9-14/h6-9,15-16H,5,10-12H2,1-4H3. The number of benzene rings is 1. The molecule has 1 rings (SSSR count). The topological polar surface area (TPSA) is 15.3 Å². The number of rotatable bonds is 7. The summed E-state index contributed by atoms with van der Waals surface area (Å²) in [7, 11) is 4.26. The van der Waals surface area contributed by atoms with Gasteiger partial charge in [-0.2, -0.15) is 0 Å². The first-order valence-electron chi connectivity index (χ1n) is 6.58. The molecular formula is C15H26N2. The van der Waals surface area contributed by atoms with E-state index in [2.05, 4.69) is 62.4 Å². The summed E-state index contributed by atoms with van der Waals surface area (Å²) in [4.78, 5) is 2.24. The largest absolute Gasteiger partial charge is 0.310 e. The average molecular weight is 234 g/mol. The van der Waals surface area contributed by atoms with Gasteiger partial charge in [0.05, 0.1) is 0 Å². The predicted octanol–water partition coefficient (Wildman–Crippen LogP) is 2.99. The maximum absolute atomic E-state index is 3.63. The lowest BCUT2D eigenvalue weighted by molar-refractivity contribution is 0.361. The molecule has 0 fully saturated rings. The third-order valence-electron chi connectivity index (χ3n) is 2.99. The Morgan fingerprint density at radius 2 is 1.82 bits per heavy atom. The van der Waals surface area contributed by atoms with Gasteiger partial charge in [-0.1, -0.05) is 36.8 Å². The van der Waals surface area contributed by atoms with E-state index in [0.29, 0.717) is 6.04 Å². The van der Waals surface area contributed by atoms with Crippen molar-refractivity contribution in [3.63, 3.8) is 0 Å². The van der Waals surface area contributed by atoms with Crippen LogP contribution in [-0.2, 0) is 0 Å². The fourth-order valence-electron chi connectivity index (χ4n) is 1.89. The van der Waals surface area contributed by atoms with Crippen molar-refractivity contribution in [3.05, 3.63) is 35.4 Å². The maximum Gasteiger partial charge on any atom is 0.0332 e. The van der Waals surface area contributed by atoms with Crippen molar-refractivity contribution < 1.29 is 0 Å². The van der Waals surface area contributed by atoms with Gasteiger partial charge in [0, 0.05) is 6.04 Å². The highest BCUT2D eigenvalue weighted by molar-refractivity contribution is 5.24. The summed E-state index contributed by atoms with van der Waals surface area (Å²) in [5.41, 5.74) is 2.74. The second-order valence-electron chi connectivity index (χ2n) is 5.01. The highest BCUT2D eigenvalue weighted by Gasteiger charge is 2.10. The van der Waals surface area contributed by atoms with E-state index in [1.165, 1.54) is 17.5 Å². The molecule has 17 heavy (non-hydrogen) atoms. The Hall–Kier alpha value is -0.860. The van der Waals surface area contributed by atoms with Gasteiger partial charge in [-0.3, -0.25) is 0 Å². The molecule has 1 N–H and O–H groups in total. The number of nitrogens with one attached hydrogen (secondary N) is 1. The fraction of sp³-hybridized carbons (Fsp3) is 0.600. The van der Waals surface area contributed by atoms with Crippen molar-refractivity contribution in [2.75, 3.05) is 27.2 Å². The molecule has 1 atom stereocenters. The number of aryl methyl sites for hydroxylation is 1. The second-order valence-corrected chi connectivity index (χ2v) is 5.01. The molecule has 0 bridgehead atoms. The van der Waals surface area contributed by atoms with Crippen LogP contribution in [0.3, 0.4) is 0 Å². The zero-order chi connectivity index (χ0) is 12.7. The summed E-state index contributed by atoms with van der Waals surface area (Å²) in [5.74, 6) is 0. The Labute approximate surface area is 106 Å². The Morgan fingerprint density at radius 3 is 2.35 bits per heavy atom. The van der Waals surface area contributed by atoms with E-state index >= 15 is 0 Å². The minimum Gasteiger partial charge on any atom is -0.310 e. The fourth-order valence-corrected chi connectivity index (χ4v) is 1.89. The molecule has 0 aliphatic rings. The molecule has 0 saturated heterocycles. The molecule has 0 radical (unpaired) electrons. The zero-order valence-corrected chi connectivity index (χ0v) is 11.7. The van der Waals surface area contributed by atoms with Gasteiger partial charge in [-0.15, -0.1) is 0 Å². The van der Waals surface area contributed by atoms with Crippen molar-refractivity contribution in [1.29, 1.82) is 0 Å². The van der Waals surface area contributed by atoms with Crippen LogP contribution in [0, 0.1) is 6.92 Å². The predicted molar refractivity (Wildman–Crippen MR) is 75.4 cm³/mol. The number of hydrogen-bond acceptors (Lipinski definition) is 2. The summed E-state index contributed by atoms with van der Waals surface area (Å²) >= 11 is 0. The monoisotopic (exact) mass is 234 g/mol. The van der Waals surface area contributed by atoms with E-state index in [4.69, 9.17) is 0 Å². The van der Waals surface area contributed by atoms with Gasteiger partial charge in [-0.25, -0.2) is 0 Å². The lowest BCUT2D eigenvalue weighted by Gasteiger charge is -2.21. The Morgan fingerprint density at radius 1 is 1.18 bits per heavy atom. The van der Waals surface area contributed by atoms with Gasteiger partial charge >= 0.3 is 0 Å². The van der Waals surface area contributed by atoms with Gasteiger partial charge in [0.15, 0.2) is 0 Å². The van der Waals surface area contributed by atoms with E-state index in [-0.39, 0.29) is 0 Å². The molecule has 1 aromatic rings. The van der Waals surface area contributed by atoms with Crippen LogP contribution in [0.4, 0.5) is 0 Å². The molecule has 0 amide bonds. The molecule has 0 aromatic heterocycles. The third-order valence-corrected chi connectivity index (χ3v) is 2.99. The lowest BCUT2D eigenvalue weighted by Crippen LogP contribution is -2.26. The molecular weight excluding hydrogens is 208 g/mol. The Balaban J connectivity index is 2.63. The minimum atomic E-state index is 0.484. The molecule has 0 aliphatic carbocycles. The summed E-state index contributed by atoms with van der Waals surface area (Å²) in [6, 6.07) is 9.38. The Bertz CT molecular complexity index is 303. The van der Waals surface area contributed by atoms with Crippen LogP contribution in [-0.4, -0.2) is 32.1 Å². The van der Waals surface area contributed by atoms with E-state index in [9.17, 15) is 0 Å². The SMILES string of the molecule is CCCNC(CCN(C)C)c1ccc(C)cc1. The van der Waals surface area contributed by atoms with Crippen LogP contribution in [0.2, 0.25) is 0 Å². The molecule has 2 heteroatoms. The molecule has 0 heterocycles. The minimum absolute atomic E-state index is 0.484. The van der Waals surface area contributed by atoms with Crippen molar-refractivity contribution >= 4 is 0 Å². The average Bonchev–Trinajstić information content (AvgIpc) is 2.30. The van der Waals surface area contributed by atoms with Gasteiger partial charge in [-0.05, 0) is 52.5 Å². The number of nitrogens with zero attached hydrogens (tertiary/aromatic N) is 1. The van der Waals surface area contributed by atoms with E-state index in [1.54, 1.807) is 0 Å². The van der Waals surface area contributed by atoms with E-state index in [0.717, 1.165) is 19.5 Å². The van der Waals surface area contributed by atoms with E-state index < -0.39 is 0 Å². The maximum atomic E-state index is 3.63.